The van der Waals surface area contributed by atoms with Crippen LogP contribution in [-0.2, 0) is 37.4 Å². The Labute approximate surface area is 413 Å². The second-order valence-electron chi connectivity index (χ2n) is 20.0. The molecule has 2 fully saturated rings. The molecule has 7 heterocycles. The van der Waals surface area contributed by atoms with Crippen molar-refractivity contribution < 1.29 is 57.4 Å². The molecule has 1 unspecified atom stereocenters. The van der Waals surface area contributed by atoms with Gasteiger partial charge in [-0.3, -0.25) is 19.9 Å². The van der Waals surface area contributed by atoms with Crippen molar-refractivity contribution in [3.63, 3.8) is 0 Å². The van der Waals surface area contributed by atoms with Crippen molar-refractivity contribution in [3.05, 3.63) is 75.4 Å². The van der Waals surface area contributed by atoms with E-state index in [2.05, 4.69) is 34.7 Å². The Bertz CT molecular complexity index is 2640. The summed E-state index contributed by atoms with van der Waals surface area (Å²) in [6, 6.07) is 5.03. The van der Waals surface area contributed by atoms with E-state index in [0.717, 1.165) is 42.4 Å². The molecule has 7 atom stereocenters. The lowest BCUT2D eigenvalue weighted by Crippen LogP contribution is -2.70. The summed E-state index contributed by atoms with van der Waals surface area (Å²) < 4.78 is 48.7. The fraction of sp³-hybridized carbons (Fsp3) is 0.547. The van der Waals surface area contributed by atoms with Crippen LogP contribution in [-0.4, -0.2) is 103 Å². The van der Waals surface area contributed by atoms with E-state index in [9.17, 15) is 20.0 Å². The van der Waals surface area contributed by atoms with Crippen LogP contribution in [0.15, 0.2) is 30.9 Å². The highest BCUT2D eigenvalue weighted by molar-refractivity contribution is 7.99. The minimum atomic E-state index is -1.47. The van der Waals surface area contributed by atoms with E-state index in [4.69, 9.17) is 37.9 Å². The molecule has 4 bridgehead atoms. The van der Waals surface area contributed by atoms with E-state index < -0.39 is 52.7 Å². The van der Waals surface area contributed by atoms with Gasteiger partial charge in [-0.25, -0.2) is 9.59 Å². The number of methoxy groups -OCH3 is 2. The third kappa shape index (κ3) is 8.37. The first kappa shape index (κ1) is 49.3. The van der Waals surface area contributed by atoms with Crippen molar-refractivity contribution >= 4 is 29.9 Å². The number of fused-ring (bicyclic) bond motifs is 9. The van der Waals surface area contributed by atoms with E-state index in [1.54, 1.807) is 32.9 Å². The molecule has 374 valence electrons. The van der Waals surface area contributed by atoms with Crippen LogP contribution < -0.4 is 33.7 Å². The number of phenols is 1. The third-order valence-corrected chi connectivity index (χ3v) is 16.1. The van der Waals surface area contributed by atoms with Crippen molar-refractivity contribution in [3.8, 4) is 46.3 Å². The van der Waals surface area contributed by atoms with Gasteiger partial charge in [0.15, 0.2) is 40.0 Å². The van der Waals surface area contributed by atoms with Gasteiger partial charge in [0.25, 0.3) is 0 Å². The molecule has 0 aromatic heterocycles. The lowest BCUT2D eigenvalue weighted by molar-refractivity contribution is -0.157. The minimum Gasteiger partial charge on any atom is -0.504 e. The summed E-state index contributed by atoms with van der Waals surface area (Å²) in [7, 11) is 3.00. The molecule has 3 aromatic carbocycles. The van der Waals surface area contributed by atoms with Gasteiger partial charge in [-0.05, 0) is 88.3 Å². The minimum absolute atomic E-state index is 0.0161. The Balaban J connectivity index is 1.26. The number of hydrogen-bond acceptors (Lipinski definition) is 17. The van der Waals surface area contributed by atoms with Gasteiger partial charge in [0, 0.05) is 59.6 Å². The van der Waals surface area contributed by atoms with Crippen LogP contribution in [0.25, 0.3) is 0 Å². The lowest BCUT2D eigenvalue weighted by atomic mass is 9.71. The summed E-state index contributed by atoms with van der Waals surface area (Å²) in [4.78, 5) is 46.8. The number of hydrogen-bond donors (Lipinski definition) is 2. The first-order valence-electron chi connectivity index (χ1n) is 24.4. The van der Waals surface area contributed by atoms with Crippen molar-refractivity contribution in [2.75, 3.05) is 46.5 Å². The maximum Gasteiger partial charge on any atom is 0.514 e. The predicted octanol–water partition coefficient (Wildman–Crippen LogP) is 8.49. The summed E-state index contributed by atoms with van der Waals surface area (Å²) in [5, 5.41) is 26.8. The average Bonchev–Trinajstić information content (AvgIpc) is 3.81. The number of phenolic OH excluding ortho intramolecular Hbond substituents is 1. The second kappa shape index (κ2) is 19.5. The largest absolute Gasteiger partial charge is 0.514 e. The van der Waals surface area contributed by atoms with Crippen molar-refractivity contribution in [1.82, 2.24) is 15.1 Å². The SMILES string of the molecule is C=CCN1[C@@H]2c3c(cc(C)c(OC)c3O)C[C@@H]1[C@H](C#N)N1C2[C@@H]2SC[C@]3(NCCc4cc(OC(=O)OC(C)(C)C)c(OC)cc43)C(=O)OC[C@H]1c1c3c(c(C)c(OC(=O)CCCCCCC)c12)OCO3. The molecule has 2 saturated heterocycles. The molecular formula is C53H64N4O12S. The van der Waals surface area contributed by atoms with Crippen LogP contribution in [0.2, 0.25) is 0 Å². The van der Waals surface area contributed by atoms with E-state index >= 15 is 4.79 Å². The lowest BCUT2D eigenvalue weighted by Gasteiger charge is -2.62. The van der Waals surface area contributed by atoms with Gasteiger partial charge in [-0.1, -0.05) is 44.7 Å². The monoisotopic (exact) mass is 980 g/mol. The Morgan fingerprint density at radius 2 is 1.77 bits per heavy atom. The Kier molecular flexibility index (Phi) is 13.7. The number of piperazine rings is 1. The molecule has 70 heavy (non-hydrogen) atoms. The molecule has 16 nitrogen and oxygen atoms in total. The zero-order valence-corrected chi connectivity index (χ0v) is 42.2. The number of unbranched alkanes of at least 4 members (excludes halogenated alkanes) is 4. The number of rotatable bonds is 12. The normalized spacial score (nSPS) is 25.3. The van der Waals surface area contributed by atoms with Gasteiger partial charge in [-0.2, -0.15) is 5.26 Å². The molecule has 7 aliphatic heterocycles. The molecule has 10 rings (SSSR count). The molecule has 17 heteroatoms. The van der Waals surface area contributed by atoms with Crippen LogP contribution in [0.4, 0.5) is 4.79 Å². The summed E-state index contributed by atoms with van der Waals surface area (Å²) in [6.45, 7) is 15.8. The molecule has 0 aliphatic carbocycles. The number of esters is 2. The van der Waals surface area contributed by atoms with Crippen molar-refractivity contribution in [1.29, 1.82) is 5.26 Å². The summed E-state index contributed by atoms with van der Waals surface area (Å²) in [6.07, 6.45) is 6.79. The predicted molar refractivity (Wildman–Crippen MR) is 260 cm³/mol. The molecule has 0 saturated carbocycles. The van der Waals surface area contributed by atoms with E-state index in [1.807, 2.05) is 26.0 Å². The third-order valence-electron chi connectivity index (χ3n) is 14.6. The zero-order valence-electron chi connectivity index (χ0n) is 41.4. The topological polar surface area (TPSA) is 188 Å². The molecule has 1 spiro atoms. The number of thioether (sulfide) groups is 1. The zero-order chi connectivity index (χ0) is 49.8. The second-order valence-corrected chi connectivity index (χ2v) is 21.1. The number of nitriles is 1. The smallest absolute Gasteiger partial charge is 0.504 e. The van der Waals surface area contributed by atoms with Gasteiger partial charge in [0.05, 0.1) is 37.6 Å². The first-order valence-corrected chi connectivity index (χ1v) is 25.4. The number of nitrogens with one attached hydrogen (secondary N) is 1. The Morgan fingerprint density at radius 3 is 2.49 bits per heavy atom. The molecule has 3 aromatic rings. The average molecular weight is 981 g/mol. The summed E-state index contributed by atoms with van der Waals surface area (Å²) in [5.74, 6) is 1.10. The highest BCUT2D eigenvalue weighted by atomic mass is 32.2. The van der Waals surface area contributed by atoms with E-state index in [1.165, 1.54) is 26.0 Å². The number of carbonyl (C=O) groups is 3. The highest BCUT2D eigenvalue weighted by Gasteiger charge is 2.62. The van der Waals surface area contributed by atoms with Crippen molar-refractivity contribution in [2.45, 2.75) is 140 Å². The Morgan fingerprint density at radius 1 is 1.00 bits per heavy atom. The Hall–Kier alpha value is -5.67. The van der Waals surface area contributed by atoms with Gasteiger partial charge in [-0.15, -0.1) is 18.3 Å². The highest BCUT2D eigenvalue weighted by Crippen LogP contribution is 2.65. The first-order chi connectivity index (χ1) is 33.6. The number of nitrogens with zero attached hydrogens (tertiary/aromatic N) is 3. The van der Waals surface area contributed by atoms with Gasteiger partial charge in [0.2, 0.25) is 6.79 Å². The number of benzene rings is 3. The number of ether oxygens (including phenoxy) is 8. The molecular weight excluding hydrogens is 917 g/mol. The van der Waals surface area contributed by atoms with E-state index in [0.29, 0.717) is 83.2 Å². The molecule has 0 amide bonds. The van der Waals surface area contributed by atoms with Crippen LogP contribution in [0, 0.1) is 25.2 Å². The fourth-order valence-corrected chi connectivity index (χ4v) is 13.4. The number of aryl methyl sites for hydroxylation is 1. The summed E-state index contributed by atoms with van der Waals surface area (Å²) in [5.41, 5.74) is 3.30. The molecule has 7 aliphatic rings. The van der Waals surface area contributed by atoms with Gasteiger partial charge in [0.1, 0.15) is 24.0 Å². The quantitative estimate of drug-likeness (QED) is 0.0578. The van der Waals surface area contributed by atoms with Crippen LogP contribution in [0.5, 0.6) is 40.2 Å². The maximum atomic E-state index is 15.3. The van der Waals surface area contributed by atoms with E-state index in [-0.39, 0.29) is 54.8 Å². The number of aromatic hydroxyl groups is 1. The summed E-state index contributed by atoms with van der Waals surface area (Å²) >= 11 is 1.47. The van der Waals surface area contributed by atoms with Crippen LogP contribution >= 0.6 is 11.8 Å². The number of carbonyl (C=O) groups excluding carboxylic acids is 3. The maximum absolute atomic E-state index is 15.3. The molecule has 0 radical (unpaired) electrons. The van der Waals surface area contributed by atoms with Crippen LogP contribution in [0.1, 0.15) is 128 Å². The van der Waals surface area contributed by atoms with Gasteiger partial charge >= 0.3 is 18.1 Å². The van der Waals surface area contributed by atoms with Gasteiger partial charge < -0.3 is 43.0 Å². The van der Waals surface area contributed by atoms with Crippen molar-refractivity contribution in [2.24, 2.45) is 0 Å². The van der Waals surface area contributed by atoms with Crippen LogP contribution in [0.3, 0.4) is 0 Å². The fourth-order valence-electron chi connectivity index (χ4n) is 11.8. The standard InChI is InChI=1S/C53H64N4O12S/c1-10-12-13-14-15-16-38(58)68-46-29(4)47-48(66-27-65-47)40-35-25-64-50(60)53(32-23-36(62-8)37(22-30(32)17-18-55-53)67-51(61)69-52(5,6)7)26-70-49(41(40)46)43-42-39-31(20-28(3)45(63-9)44(39)59)21-33(56(42)19-11-2)34(24-54)57(35)43/h11,20,22-23,33-35,42-43,49,55,59H,2,10,12-19,21,25-27H2,1,3-9H3/t33-,34+,35+,42-,43?,49-,53-/m1/s1. The molecule has 2 N–H and O–H groups in total.